The lowest BCUT2D eigenvalue weighted by molar-refractivity contribution is -0.139. The summed E-state index contributed by atoms with van der Waals surface area (Å²) in [5.41, 5.74) is 1.08. The van der Waals surface area contributed by atoms with Crippen molar-refractivity contribution in [2.24, 2.45) is 0 Å². The molecule has 0 aromatic heterocycles. The Bertz CT molecular complexity index is 645. The lowest BCUT2D eigenvalue weighted by Crippen LogP contribution is -2.52. The number of benzene rings is 1. The highest BCUT2D eigenvalue weighted by Crippen LogP contribution is 2.17. The van der Waals surface area contributed by atoms with Crippen LogP contribution in [0.5, 0.6) is 5.75 Å². The summed E-state index contributed by atoms with van der Waals surface area (Å²) in [6.07, 6.45) is 0.617. The molecular formula is C19H27N3O4. The number of hydrogen-bond donors (Lipinski definition) is 2. The Hall–Kier alpha value is -2.54. The van der Waals surface area contributed by atoms with Gasteiger partial charge in [0.2, 0.25) is 0 Å². The number of carbonyl (C=O) groups is 2. The molecule has 1 aromatic carbocycles. The van der Waals surface area contributed by atoms with Crippen LogP contribution >= 0.6 is 0 Å². The summed E-state index contributed by atoms with van der Waals surface area (Å²) < 4.78 is 10.9. The molecule has 7 heteroatoms. The molecular weight excluding hydrogens is 334 g/mol. The van der Waals surface area contributed by atoms with Crippen LogP contribution in [0.25, 0.3) is 0 Å². The number of nitrogens with one attached hydrogen (secondary N) is 2. The zero-order chi connectivity index (χ0) is 18.9. The second kappa shape index (κ2) is 9.82. The monoisotopic (exact) mass is 361 g/mol. The number of likely N-dealkylation sites (N-methyl/N-ethyl adjacent to an activating group) is 1. The van der Waals surface area contributed by atoms with Gasteiger partial charge in [-0.25, -0.2) is 9.59 Å². The summed E-state index contributed by atoms with van der Waals surface area (Å²) >= 11 is 0. The Balaban J connectivity index is 2.01. The number of urea groups is 1. The molecule has 0 fully saturated rings. The number of rotatable bonds is 9. The van der Waals surface area contributed by atoms with Crippen LogP contribution in [0.4, 0.5) is 4.79 Å². The first-order valence-electron chi connectivity index (χ1n) is 8.89. The van der Waals surface area contributed by atoms with E-state index in [0.717, 1.165) is 5.75 Å². The van der Waals surface area contributed by atoms with Crippen molar-refractivity contribution in [2.45, 2.75) is 26.3 Å². The first-order valence-corrected chi connectivity index (χ1v) is 8.89. The number of amides is 2. The molecule has 1 heterocycles. The van der Waals surface area contributed by atoms with Crippen LogP contribution in [-0.4, -0.2) is 56.3 Å². The second-order valence-corrected chi connectivity index (χ2v) is 6.07. The summed E-state index contributed by atoms with van der Waals surface area (Å²) in [5, 5.41) is 5.53. The summed E-state index contributed by atoms with van der Waals surface area (Å²) in [6.45, 7) is 5.56. The first kappa shape index (κ1) is 19.8. The minimum Gasteiger partial charge on any atom is -0.492 e. The molecule has 1 aliphatic rings. The molecule has 1 atom stereocenters. The van der Waals surface area contributed by atoms with Gasteiger partial charge >= 0.3 is 12.0 Å². The van der Waals surface area contributed by atoms with Crippen molar-refractivity contribution in [3.8, 4) is 5.75 Å². The van der Waals surface area contributed by atoms with E-state index in [9.17, 15) is 9.59 Å². The van der Waals surface area contributed by atoms with E-state index >= 15 is 0 Å². The van der Waals surface area contributed by atoms with Crippen LogP contribution in [0.3, 0.4) is 0 Å². The van der Waals surface area contributed by atoms with Crippen LogP contribution in [0, 0.1) is 0 Å². The molecule has 0 saturated carbocycles. The summed E-state index contributed by atoms with van der Waals surface area (Å²) in [6, 6.07) is 8.95. The molecule has 1 aromatic rings. The van der Waals surface area contributed by atoms with E-state index in [1.165, 1.54) is 0 Å². The van der Waals surface area contributed by atoms with Crippen LogP contribution in [0.2, 0.25) is 0 Å². The van der Waals surface area contributed by atoms with Gasteiger partial charge in [-0.2, -0.15) is 0 Å². The van der Waals surface area contributed by atoms with E-state index in [-0.39, 0.29) is 12.1 Å². The maximum absolute atomic E-state index is 12.4. The Morgan fingerprint density at radius 3 is 2.62 bits per heavy atom. The molecule has 0 aliphatic carbocycles. The predicted molar refractivity (Wildman–Crippen MR) is 98.8 cm³/mol. The fourth-order valence-electron chi connectivity index (χ4n) is 2.77. The highest BCUT2D eigenvalue weighted by molar-refractivity contribution is 5.94. The predicted octanol–water partition coefficient (Wildman–Crippen LogP) is 1.91. The maximum Gasteiger partial charge on any atom is 0.337 e. The highest BCUT2D eigenvalue weighted by atomic mass is 16.5. The van der Waals surface area contributed by atoms with Gasteiger partial charge in [0, 0.05) is 18.8 Å². The number of esters is 1. The van der Waals surface area contributed by atoms with Gasteiger partial charge in [-0.3, -0.25) is 4.90 Å². The van der Waals surface area contributed by atoms with E-state index in [1.54, 1.807) is 6.92 Å². The Labute approximate surface area is 154 Å². The average Bonchev–Trinajstić information content (AvgIpc) is 2.62. The molecule has 26 heavy (non-hydrogen) atoms. The summed E-state index contributed by atoms with van der Waals surface area (Å²) in [5.74, 6) is 0.421. The van der Waals surface area contributed by atoms with Crippen molar-refractivity contribution >= 4 is 12.0 Å². The molecule has 2 N–H and O–H groups in total. The minimum absolute atomic E-state index is 0.292. The quantitative estimate of drug-likeness (QED) is 0.657. The molecule has 2 amide bonds. The van der Waals surface area contributed by atoms with Gasteiger partial charge < -0.3 is 20.1 Å². The van der Waals surface area contributed by atoms with Crippen molar-refractivity contribution in [3.05, 3.63) is 41.6 Å². The van der Waals surface area contributed by atoms with Gasteiger partial charge in [-0.15, -0.1) is 0 Å². The van der Waals surface area contributed by atoms with Gasteiger partial charge in [-0.05, 0) is 32.5 Å². The number of hydrogen-bond acceptors (Lipinski definition) is 5. The largest absolute Gasteiger partial charge is 0.492 e. The van der Waals surface area contributed by atoms with E-state index in [2.05, 4.69) is 10.6 Å². The molecule has 2 rings (SSSR count). The fourth-order valence-corrected chi connectivity index (χ4v) is 2.77. The van der Waals surface area contributed by atoms with Gasteiger partial charge in [0.25, 0.3) is 0 Å². The van der Waals surface area contributed by atoms with E-state index < -0.39 is 5.97 Å². The standard InChI is InChI=1S/C19H27N3O4/c1-4-15-17(18(23)25-5-2)16(21-19(24)20-15)13-22(3)11-12-26-14-9-7-6-8-10-14/h6-10,15H,4-5,11-13H2,1-3H3,(H2,20,21,24)/t15-/m1/s1. The zero-order valence-corrected chi connectivity index (χ0v) is 15.6. The van der Waals surface area contributed by atoms with Crippen LogP contribution in [0.15, 0.2) is 41.6 Å². The van der Waals surface area contributed by atoms with E-state index in [4.69, 9.17) is 9.47 Å². The highest BCUT2D eigenvalue weighted by Gasteiger charge is 2.31. The number of carbonyl (C=O) groups excluding carboxylic acids is 2. The molecule has 1 aliphatic heterocycles. The Kier molecular flexibility index (Phi) is 7.47. The number of para-hydroxylation sites is 1. The average molecular weight is 361 g/mol. The number of nitrogens with zero attached hydrogens (tertiary/aromatic N) is 1. The Morgan fingerprint density at radius 1 is 1.23 bits per heavy atom. The van der Waals surface area contributed by atoms with Crippen LogP contribution < -0.4 is 15.4 Å². The Morgan fingerprint density at radius 2 is 1.96 bits per heavy atom. The van der Waals surface area contributed by atoms with Crippen LogP contribution in [-0.2, 0) is 9.53 Å². The molecule has 0 radical (unpaired) electrons. The molecule has 7 nitrogen and oxygen atoms in total. The van der Waals surface area contributed by atoms with Gasteiger partial charge in [0.15, 0.2) is 0 Å². The van der Waals surface area contributed by atoms with E-state index in [1.807, 2.05) is 49.2 Å². The fraction of sp³-hybridized carbons (Fsp3) is 0.474. The van der Waals surface area contributed by atoms with Crippen molar-refractivity contribution in [2.75, 3.05) is 33.4 Å². The lowest BCUT2D eigenvalue weighted by Gasteiger charge is -2.30. The summed E-state index contributed by atoms with van der Waals surface area (Å²) in [7, 11) is 1.92. The topological polar surface area (TPSA) is 79.9 Å². The lowest BCUT2D eigenvalue weighted by atomic mass is 10.00. The normalized spacial score (nSPS) is 16.9. The van der Waals surface area contributed by atoms with Gasteiger partial charge in [-0.1, -0.05) is 25.1 Å². The molecule has 0 spiro atoms. The van der Waals surface area contributed by atoms with Crippen molar-refractivity contribution in [1.82, 2.24) is 15.5 Å². The molecule has 0 unspecified atom stereocenters. The first-order chi connectivity index (χ1) is 12.5. The van der Waals surface area contributed by atoms with Crippen molar-refractivity contribution < 1.29 is 19.1 Å². The van der Waals surface area contributed by atoms with Gasteiger partial charge in [0.05, 0.1) is 18.2 Å². The third kappa shape index (κ3) is 5.49. The van der Waals surface area contributed by atoms with E-state index in [0.29, 0.717) is 44.0 Å². The third-order valence-corrected chi connectivity index (χ3v) is 4.06. The minimum atomic E-state index is -0.393. The van der Waals surface area contributed by atoms with Gasteiger partial charge in [0.1, 0.15) is 12.4 Å². The molecule has 0 bridgehead atoms. The number of ether oxygens (including phenoxy) is 2. The smallest absolute Gasteiger partial charge is 0.337 e. The second-order valence-electron chi connectivity index (χ2n) is 6.07. The van der Waals surface area contributed by atoms with Crippen molar-refractivity contribution in [1.29, 1.82) is 0 Å². The zero-order valence-electron chi connectivity index (χ0n) is 15.6. The summed E-state index contributed by atoms with van der Waals surface area (Å²) in [4.78, 5) is 26.2. The van der Waals surface area contributed by atoms with Crippen LogP contribution in [0.1, 0.15) is 20.3 Å². The van der Waals surface area contributed by atoms with Crippen molar-refractivity contribution in [3.63, 3.8) is 0 Å². The molecule has 0 saturated heterocycles. The SMILES string of the molecule is CCOC(=O)C1=C(CN(C)CCOc2ccccc2)NC(=O)N[C@@H]1CC. The maximum atomic E-state index is 12.4. The third-order valence-electron chi connectivity index (χ3n) is 4.06. The molecule has 142 valence electrons.